The molecule has 0 bridgehead atoms. The van der Waals surface area contributed by atoms with Gasteiger partial charge in [0.15, 0.2) is 0 Å². The predicted molar refractivity (Wildman–Crippen MR) is 152 cm³/mol. The van der Waals surface area contributed by atoms with E-state index < -0.39 is 28.1 Å². The SMILES string of the molecule is C[Si]1(C)CC(c2ccccc2)(c2ccccc2)O[Si](c2ccccc2)(c2ccccc2)[Si]1(C)C. The highest BCUT2D eigenvalue weighted by Gasteiger charge is 2.68. The molecule has 0 spiro atoms. The molecule has 4 heteroatoms. The first-order valence-electron chi connectivity index (χ1n) is 12.3. The van der Waals surface area contributed by atoms with Crippen LogP contribution in [0.2, 0.25) is 32.2 Å². The van der Waals surface area contributed by atoms with Crippen LogP contribution < -0.4 is 10.4 Å². The molecule has 34 heavy (non-hydrogen) atoms. The standard InChI is InChI=1S/C30H34OSi3/c1-32(2)25-30(26-17-9-5-10-18-26,27-19-11-6-12-20-27)31-34(33(32,3)4,28-21-13-7-14-22-28)29-23-15-8-16-24-29/h5-24H,25H2,1-4H3. The summed E-state index contributed by atoms with van der Waals surface area (Å²) in [6.45, 7) is 10.6. The molecule has 172 valence electrons. The van der Waals surface area contributed by atoms with Gasteiger partial charge in [0, 0.05) is 7.59 Å². The van der Waals surface area contributed by atoms with Crippen LogP contribution in [0.25, 0.3) is 0 Å². The number of hydrogen-bond donors (Lipinski definition) is 0. The lowest BCUT2D eigenvalue weighted by molar-refractivity contribution is 0.128. The van der Waals surface area contributed by atoms with Crippen molar-refractivity contribution in [1.82, 2.24) is 0 Å². The minimum Gasteiger partial charge on any atom is -0.398 e. The van der Waals surface area contributed by atoms with Crippen LogP contribution in [0.1, 0.15) is 11.1 Å². The van der Waals surface area contributed by atoms with Crippen LogP contribution in [0.5, 0.6) is 0 Å². The number of benzene rings is 4. The fraction of sp³-hybridized carbons (Fsp3) is 0.200. The molecule has 5 rings (SSSR count). The summed E-state index contributed by atoms with van der Waals surface area (Å²) in [7, 11) is -6.22. The molecule has 0 atom stereocenters. The van der Waals surface area contributed by atoms with Crippen molar-refractivity contribution >= 4 is 32.9 Å². The molecule has 4 aromatic carbocycles. The van der Waals surface area contributed by atoms with Crippen molar-refractivity contribution in [2.24, 2.45) is 0 Å². The molecule has 0 unspecified atom stereocenters. The Morgan fingerprint density at radius 1 is 0.529 bits per heavy atom. The van der Waals surface area contributed by atoms with Crippen LogP contribution in [0.4, 0.5) is 0 Å². The molecule has 1 aliphatic heterocycles. The van der Waals surface area contributed by atoms with Crippen molar-refractivity contribution in [3.63, 3.8) is 0 Å². The second-order valence-electron chi connectivity index (χ2n) is 10.8. The van der Waals surface area contributed by atoms with Crippen LogP contribution >= 0.6 is 0 Å². The third-order valence-corrected chi connectivity index (χ3v) is 45.2. The Labute approximate surface area is 207 Å². The first-order chi connectivity index (χ1) is 16.3. The second-order valence-corrected chi connectivity index (χ2v) is 36.0. The third-order valence-electron chi connectivity index (χ3n) is 8.43. The molecule has 0 aromatic heterocycles. The lowest BCUT2D eigenvalue weighted by Crippen LogP contribution is -2.88. The van der Waals surface area contributed by atoms with Gasteiger partial charge in [0.1, 0.15) is 5.60 Å². The smallest absolute Gasteiger partial charge is 0.239 e. The maximum atomic E-state index is 7.99. The van der Waals surface area contributed by atoms with Crippen LogP contribution in [-0.4, -0.2) is 22.5 Å². The van der Waals surface area contributed by atoms with E-state index in [4.69, 9.17) is 4.43 Å². The van der Waals surface area contributed by atoms with Crippen LogP contribution in [0.15, 0.2) is 121 Å². The zero-order valence-electron chi connectivity index (χ0n) is 20.7. The quantitative estimate of drug-likeness (QED) is 0.303. The van der Waals surface area contributed by atoms with E-state index in [1.807, 2.05) is 0 Å². The lowest BCUT2D eigenvalue weighted by Gasteiger charge is -2.61. The van der Waals surface area contributed by atoms with E-state index in [1.54, 1.807) is 0 Å². The Hall–Kier alpha value is -2.51. The van der Waals surface area contributed by atoms with Gasteiger partial charge in [-0.25, -0.2) is 0 Å². The van der Waals surface area contributed by atoms with Gasteiger partial charge in [-0.1, -0.05) is 148 Å². The molecule has 1 saturated heterocycles. The highest BCUT2D eigenvalue weighted by atomic mass is 29.6. The first-order valence-corrected chi connectivity index (χ1v) is 22.4. The van der Waals surface area contributed by atoms with Gasteiger partial charge < -0.3 is 4.43 Å². The largest absolute Gasteiger partial charge is 0.398 e. The summed E-state index contributed by atoms with van der Waals surface area (Å²) >= 11 is 0. The topological polar surface area (TPSA) is 9.23 Å². The van der Waals surface area contributed by atoms with Crippen LogP contribution in [0, 0.1) is 0 Å². The fourth-order valence-corrected chi connectivity index (χ4v) is 37.7. The summed E-state index contributed by atoms with van der Waals surface area (Å²) in [5.74, 6) is 0. The van der Waals surface area contributed by atoms with Gasteiger partial charge in [0.05, 0.1) is 7.11 Å². The Bertz CT molecular complexity index is 1160. The lowest BCUT2D eigenvalue weighted by atomic mass is 9.88. The molecular weight excluding hydrogens is 461 g/mol. The minimum atomic E-state index is -2.60. The molecule has 0 amide bonds. The van der Waals surface area contributed by atoms with Gasteiger partial charge in [-0.2, -0.15) is 0 Å². The maximum Gasteiger partial charge on any atom is 0.239 e. The summed E-state index contributed by atoms with van der Waals surface area (Å²) in [4.78, 5) is 0. The molecule has 0 saturated carbocycles. The Morgan fingerprint density at radius 3 is 1.26 bits per heavy atom. The normalized spacial score (nSPS) is 19.9. The monoisotopic (exact) mass is 494 g/mol. The van der Waals surface area contributed by atoms with Crippen molar-refractivity contribution in [2.45, 2.75) is 37.8 Å². The minimum absolute atomic E-state index is 0.446. The van der Waals surface area contributed by atoms with Crippen LogP contribution in [-0.2, 0) is 10.0 Å². The summed E-state index contributed by atoms with van der Waals surface area (Å²) < 4.78 is 7.99. The molecule has 1 aliphatic rings. The maximum absolute atomic E-state index is 7.99. The zero-order valence-corrected chi connectivity index (χ0v) is 23.7. The van der Waals surface area contributed by atoms with Crippen molar-refractivity contribution in [3.05, 3.63) is 132 Å². The van der Waals surface area contributed by atoms with E-state index in [0.717, 1.165) is 6.04 Å². The Morgan fingerprint density at radius 2 is 0.882 bits per heavy atom. The molecule has 0 N–H and O–H groups in total. The zero-order chi connectivity index (χ0) is 23.9. The molecule has 1 nitrogen and oxygen atoms in total. The summed E-state index contributed by atoms with van der Waals surface area (Å²) in [5, 5.41) is 2.85. The number of rotatable bonds is 4. The van der Waals surface area contributed by atoms with Crippen molar-refractivity contribution in [3.8, 4) is 0 Å². The molecule has 0 radical (unpaired) electrons. The first kappa shape index (κ1) is 23.2. The molecule has 0 aliphatic carbocycles. The van der Waals surface area contributed by atoms with Gasteiger partial charge in [-0.3, -0.25) is 0 Å². The van der Waals surface area contributed by atoms with Gasteiger partial charge in [-0.15, -0.1) is 0 Å². The van der Waals surface area contributed by atoms with Gasteiger partial charge in [0.25, 0.3) is 0 Å². The van der Waals surface area contributed by atoms with E-state index >= 15 is 0 Å². The van der Waals surface area contributed by atoms with Crippen LogP contribution in [0.3, 0.4) is 0 Å². The highest BCUT2D eigenvalue weighted by Crippen LogP contribution is 2.51. The van der Waals surface area contributed by atoms with Crippen molar-refractivity contribution in [2.75, 3.05) is 0 Å². The highest BCUT2D eigenvalue weighted by molar-refractivity contribution is 7.72. The summed E-state index contributed by atoms with van der Waals surface area (Å²) in [6, 6.07) is 45.7. The molecule has 1 heterocycles. The van der Waals surface area contributed by atoms with E-state index in [-0.39, 0.29) is 0 Å². The Kier molecular flexibility index (Phi) is 5.89. The van der Waals surface area contributed by atoms with E-state index in [9.17, 15) is 0 Å². The number of hydrogen-bond acceptors (Lipinski definition) is 1. The van der Waals surface area contributed by atoms with Gasteiger partial charge >= 0.3 is 0 Å². The van der Waals surface area contributed by atoms with E-state index in [2.05, 4.69) is 148 Å². The van der Waals surface area contributed by atoms with E-state index in [1.165, 1.54) is 21.5 Å². The fourth-order valence-electron chi connectivity index (χ4n) is 6.00. The van der Waals surface area contributed by atoms with E-state index in [0.29, 0.717) is 0 Å². The second kappa shape index (κ2) is 8.61. The van der Waals surface area contributed by atoms with Gasteiger partial charge in [0.2, 0.25) is 7.83 Å². The predicted octanol–water partition coefficient (Wildman–Crippen LogP) is 6.29. The average molecular weight is 495 g/mol. The average Bonchev–Trinajstić information content (AvgIpc) is 2.88. The summed E-state index contributed by atoms with van der Waals surface area (Å²) in [6.07, 6.45) is 0. The van der Waals surface area contributed by atoms with Gasteiger partial charge in [-0.05, 0) is 27.5 Å². The van der Waals surface area contributed by atoms with Crippen molar-refractivity contribution in [1.29, 1.82) is 0 Å². The molecule has 4 aromatic rings. The summed E-state index contributed by atoms with van der Waals surface area (Å²) in [5.41, 5.74) is 2.13. The molecule has 1 fully saturated rings. The molecular formula is C30H34OSi3. The Balaban J connectivity index is 1.90. The van der Waals surface area contributed by atoms with Crippen molar-refractivity contribution < 1.29 is 4.43 Å². The third kappa shape index (κ3) is 3.43.